The van der Waals surface area contributed by atoms with Crippen molar-refractivity contribution in [2.24, 2.45) is 0 Å². The monoisotopic (exact) mass is 262 g/mol. The van der Waals surface area contributed by atoms with Gasteiger partial charge in [-0.05, 0) is 12.1 Å². The molecule has 3 aromatic carbocycles. The lowest BCUT2D eigenvalue weighted by Crippen LogP contribution is -1.62. The van der Waals surface area contributed by atoms with Crippen molar-refractivity contribution in [2.45, 2.75) is 0 Å². The van der Waals surface area contributed by atoms with E-state index in [4.69, 9.17) is 0 Å². The SMILES string of the molecule is c1ccc2c(c1)sc1ccccc12.c1ccccc1. The number of benzene rings is 3. The van der Waals surface area contributed by atoms with Gasteiger partial charge >= 0.3 is 0 Å². The largest absolute Gasteiger partial charge is 0.135 e. The number of fused-ring (bicyclic) bond motifs is 3. The molecule has 0 atom stereocenters. The molecular weight excluding hydrogens is 248 g/mol. The van der Waals surface area contributed by atoms with Crippen LogP contribution in [0.3, 0.4) is 0 Å². The molecular formula is C18H14S. The fourth-order valence-electron chi connectivity index (χ4n) is 2.06. The molecule has 0 aliphatic heterocycles. The van der Waals surface area contributed by atoms with Crippen molar-refractivity contribution >= 4 is 31.5 Å². The third-order valence-electron chi connectivity index (χ3n) is 2.95. The average Bonchev–Trinajstić information content (AvgIpc) is 2.88. The minimum atomic E-state index is 1.38. The third-order valence-corrected chi connectivity index (χ3v) is 4.10. The summed E-state index contributed by atoms with van der Waals surface area (Å²) >= 11 is 1.86. The molecule has 0 unspecified atom stereocenters. The number of hydrogen-bond donors (Lipinski definition) is 0. The molecule has 4 aromatic rings. The Kier molecular flexibility index (Phi) is 3.57. The van der Waals surface area contributed by atoms with E-state index in [0.717, 1.165) is 0 Å². The van der Waals surface area contributed by atoms with Gasteiger partial charge in [0.2, 0.25) is 0 Å². The summed E-state index contributed by atoms with van der Waals surface area (Å²) in [5, 5.41) is 2.76. The van der Waals surface area contributed by atoms with Crippen molar-refractivity contribution in [3.8, 4) is 0 Å². The Labute approximate surface area is 116 Å². The van der Waals surface area contributed by atoms with Gasteiger partial charge in [-0.3, -0.25) is 0 Å². The van der Waals surface area contributed by atoms with Crippen LogP contribution in [0.15, 0.2) is 84.9 Å². The normalized spacial score (nSPS) is 10.1. The highest BCUT2D eigenvalue weighted by atomic mass is 32.1. The molecule has 0 fully saturated rings. The first-order chi connectivity index (χ1) is 9.45. The molecule has 0 amide bonds. The Balaban J connectivity index is 0.000000155. The second-order valence-electron chi connectivity index (χ2n) is 4.25. The minimum Gasteiger partial charge on any atom is -0.135 e. The number of thiophene rings is 1. The second kappa shape index (κ2) is 5.68. The fraction of sp³-hybridized carbons (Fsp3) is 0. The van der Waals surface area contributed by atoms with Crippen LogP contribution in [0.4, 0.5) is 0 Å². The van der Waals surface area contributed by atoms with E-state index < -0.39 is 0 Å². The molecule has 0 aliphatic carbocycles. The Morgan fingerprint density at radius 3 is 1.21 bits per heavy atom. The van der Waals surface area contributed by atoms with E-state index >= 15 is 0 Å². The van der Waals surface area contributed by atoms with Gasteiger partial charge in [0.25, 0.3) is 0 Å². The lowest BCUT2D eigenvalue weighted by molar-refractivity contribution is 1.72. The van der Waals surface area contributed by atoms with E-state index in [1.807, 2.05) is 47.7 Å². The maximum absolute atomic E-state index is 2.19. The average molecular weight is 262 g/mol. The summed E-state index contributed by atoms with van der Waals surface area (Å²) in [6.07, 6.45) is 0. The van der Waals surface area contributed by atoms with E-state index in [2.05, 4.69) is 48.5 Å². The molecule has 1 aromatic heterocycles. The van der Waals surface area contributed by atoms with Gasteiger partial charge in [0.05, 0.1) is 0 Å². The van der Waals surface area contributed by atoms with Crippen molar-refractivity contribution in [3.05, 3.63) is 84.9 Å². The van der Waals surface area contributed by atoms with E-state index in [0.29, 0.717) is 0 Å². The Morgan fingerprint density at radius 1 is 0.421 bits per heavy atom. The fourth-order valence-corrected chi connectivity index (χ4v) is 3.17. The summed E-state index contributed by atoms with van der Waals surface area (Å²) in [5.74, 6) is 0. The van der Waals surface area contributed by atoms with E-state index in [9.17, 15) is 0 Å². The van der Waals surface area contributed by atoms with Gasteiger partial charge in [0, 0.05) is 20.2 Å². The summed E-state index contributed by atoms with van der Waals surface area (Å²) in [7, 11) is 0. The highest BCUT2D eigenvalue weighted by Crippen LogP contribution is 2.32. The van der Waals surface area contributed by atoms with Gasteiger partial charge in [-0.1, -0.05) is 72.8 Å². The highest BCUT2D eigenvalue weighted by molar-refractivity contribution is 7.25. The highest BCUT2D eigenvalue weighted by Gasteiger charge is 2.01. The topological polar surface area (TPSA) is 0 Å². The molecule has 4 rings (SSSR count). The van der Waals surface area contributed by atoms with Crippen molar-refractivity contribution in [1.29, 1.82) is 0 Å². The molecule has 92 valence electrons. The lowest BCUT2D eigenvalue weighted by atomic mass is 10.2. The first-order valence-corrected chi connectivity index (χ1v) is 7.13. The summed E-state index contributed by atoms with van der Waals surface area (Å²) in [4.78, 5) is 0. The van der Waals surface area contributed by atoms with Crippen LogP contribution in [-0.4, -0.2) is 0 Å². The summed E-state index contributed by atoms with van der Waals surface area (Å²) in [6.45, 7) is 0. The number of hydrogen-bond acceptors (Lipinski definition) is 1. The quantitative estimate of drug-likeness (QED) is 0.379. The van der Waals surface area contributed by atoms with Crippen LogP contribution in [0, 0.1) is 0 Å². The van der Waals surface area contributed by atoms with Crippen molar-refractivity contribution in [2.75, 3.05) is 0 Å². The summed E-state index contributed by atoms with van der Waals surface area (Å²) in [6, 6.07) is 29.1. The second-order valence-corrected chi connectivity index (χ2v) is 5.33. The zero-order valence-corrected chi connectivity index (χ0v) is 11.3. The van der Waals surface area contributed by atoms with Crippen LogP contribution in [0.25, 0.3) is 20.2 Å². The third kappa shape index (κ3) is 2.67. The predicted molar refractivity (Wildman–Crippen MR) is 85.8 cm³/mol. The minimum absolute atomic E-state index is 1.38. The van der Waals surface area contributed by atoms with Crippen LogP contribution < -0.4 is 0 Å². The van der Waals surface area contributed by atoms with Gasteiger partial charge in [0.15, 0.2) is 0 Å². The first kappa shape index (κ1) is 11.9. The standard InChI is InChI=1S/C12H8S.C6H6/c1-3-7-11-9(5-1)10-6-2-4-8-12(10)13-11;1-2-4-6-5-3-1/h1-8H;1-6H. The molecule has 1 heteroatoms. The van der Waals surface area contributed by atoms with Crippen LogP contribution in [0.5, 0.6) is 0 Å². The van der Waals surface area contributed by atoms with Gasteiger partial charge in [-0.15, -0.1) is 11.3 Å². The Hall–Kier alpha value is -2.12. The molecule has 0 nitrogen and oxygen atoms in total. The van der Waals surface area contributed by atoms with Gasteiger partial charge in [-0.2, -0.15) is 0 Å². The van der Waals surface area contributed by atoms with E-state index in [1.165, 1.54) is 20.2 Å². The van der Waals surface area contributed by atoms with Crippen LogP contribution in [-0.2, 0) is 0 Å². The van der Waals surface area contributed by atoms with Gasteiger partial charge in [-0.25, -0.2) is 0 Å². The maximum atomic E-state index is 2.19. The van der Waals surface area contributed by atoms with Crippen LogP contribution in [0.1, 0.15) is 0 Å². The number of rotatable bonds is 0. The molecule has 1 heterocycles. The molecule has 0 spiro atoms. The summed E-state index contributed by atoms with van der Waals surface area (Å²) in [5.41, 5.74) is 0. The molecule has 0 aliphatic rings. The van der Waals surface area contributed by atoms with Crippen molar-refractivity contribution < 1.29 is 0 Å². The van der Waals surface area contributed by atoms with Gasteiger partial charge in [0.1, 0.15) is 0 Å². The zero-order valence-electron chi connectivity index (χ0n) is 10.5. The predicted octanol–water partition coefficient (Wildman–Crippen LogP) is 5.74. The smallest absolute Gasteiger partial charge is 0.0355 e. The molecule has 19 heavy (non-hydrogen) atoms. The van der Waals surface area contributed by atoms with Gasteiger partial charge < -0.3 is 0 Å². The maximum Gasteiger partial charge on any atom is 0.0355 e. The Morgan fingerprint density at radius 2 is 0.789 bits per heavy atom. The molecule has 0 bridgehead atoms. The zero-order chi connectivity index (χ0) is 12.9. The van der Waals surface area contributed by atoms with E-state index in [-0.39, 0.29) is 0 Å². The van der Waals surface area contributed by atoms with Crippen LogP contribution >= 0.6 is 11.3 Å². The first-order valence-electron chi connectivity index (χ1n) is 6.31. The van der Waals surface area contributed by atoms with E-state index in [1.54, 1.807) is 0 Å². The lowest BCUT2D eigenvalue weighted by Gasteiger charge is -1.88. The molecule has 0 saturated carbocycles. The Bertz CT molecular complexity index is 692. The summed E-state index contributed by atoms with van der Waals surface area (Å²) < 4.78 is 2.76. The van der Waals surface area contributed by atoms with Crippen molar-refractivity contribution in [1.82, 2.24) is 0 Å². The molecule has 0 N–H and O–H groups in total. The van der Waals surface area contributed by atoms with Crippen LogP contribution in [0.2, 0.25) is 0 Å². The molecule has 0 radical (unpaired) electrons. The van der Waals surface area contributed by atoms with Crippen molar-refractivity contribution in [3.63, 3.8) is 0 Å². The molecule has 0 saturated heterocycles.